The van der Waals surface area contributed by atoms with Gasteiger partial charge in [-0.05, 0) is 37.5 Å². The van der Waals surface area contributed by atoms with Gasteiger partial charge in [-0.25, -0.2) is 9.97 Å². The maximum atomic E-state index is 13.0. The summed E-state index contributed by atoms with van der Waals surface area (Å²) in [5.41, 5.74) is 2.28. The van der Waals surface area contributed by atoms with Crippen LogP contribution in [0, 0.1) is 0 Å². The van der Waals surface area contributed by atoms with E-state index in [1.54, 1.807) is 0 Å². The van der Waals surface area contributed by atoms with E-state index in [1.807, 2.05) is 26.1 Å². The van der Waals surface area contributed by atoms with Crippen molar-refractivity contribution in [2.24, 2.45) is 0 Å². The Kier molecular flexibility index (Phi) is 4.09. The van der Waals surface area contributed by atoms with Crippen LogP contribution in [0.4, 0.5) is 18.9 Å². The van der Waals surface area contributed by atoms with Gasteiger partial charge in [0.05, 0.1) is 33.6 Å². The van der Waals surface area contributed by atoms with Gasteiger partial charge in [0.25, 0.3) is 0 Å². The molecule has 0 spiro atoms. The van der Waals surface area contributed by atoms with Crippen molar-refractivity contribution in [1.82, 2.24) is 19.9 Å². The number of nitrogens with zero attached hydrogens (tertiary/aromatic N) is 3. The molecule has 4 rings (SSSR count). The van der Waals surface area contributed by atoms with E-state index in [-0.39, 0.29) is 0 Å². The Morgan fingerprint density at radius 1 is 1.22 bits per heavy atom. The summed E-state index contributed by atoms with van der Waals surface area (Å²) in [5, 5.41) is 3.14. The average molecular weight is 375 g/mol. The number of anilines is 1. The lowest BCUT2D eigenvalue weighted by Crippen LogP contribution is -2.37. The van der Waals surface area contributed by atoms with E-state index in [4.69, 9.17) is 4.98 Å². The van der Waals surface area contributed by atoms with E-state index in [2.05, 4.69) is 20.3 Å². The minimum Gasteiger partial charge on any atom is -0.387 e. The van der Waals surface area contributed by atoms with Crippen LogP contribution >= 0.6 is 0 Å². The number of fused-ring (bicyclic) bond motifs is 1. The largest absolute Gasteiger partial charge is 0.417 e. The van der Waals surface area contributed by atoms with Crippen LogP contribution in [0.1, 0.15) is 49.0 Å². The molecule has 0 atom stereocenters. The predicted molar refractivity (Wildman–Crippen MR) is 96.7 cm³/mol. The van der Waals surface area contributed by atoms with Gasteiger partial charge in [0, 0.05) is 13.2 Å². The number of hydrogen-bond acceptors (Lipinski definition) is 4. The molecule has 0 amide bonds. The van der Waals surface area contributed by atoms with Crippen LogP contribution in [0.3, 0.4) is 0 Å². The van der Waals surface area contributed by atoms with Crippen LogP contribution in [0.25, 0.3) is 11.2 Å². The van der Waals surface area contributed by atoms with E-state index in [0.717, 1.165) is 55.0 Å². The van der Waals surface area contributed by atoms with E-state index >= 15 is 0 Å². The molecule has 8 heteroatoms. The Morgan fingerprint density at radius 3 is 2.59 bits per heavy atom. The second kappa shape index (κ2) is 6.21. The van der Waals surface area contributed by atoms with Gasteiger partial charge >= 0.3 is 6.18 Å². The molecule has 0 radical (unpaired) electrons. The van der Waals surface area contributed by atoms with Crippen LogP contribution in [-0.4, -0.2) is 27.0 Å². The van der Waals surface area contributed by atoms with E-state index in [1.165, 1.54) is 0 Å². The lowest BCUT2D eigenvalue weighted by atomic mass is 9.65. The highest BCUT2D eigenvalue weighted by Crippen LogP contribution is 2.48. The number of nitrogens with one attached hydrogen (secondary N) is 2. The van der Waals surface area contributed by atoms with Crippen LogP contribution in [0.15, 0.2) is 24.4 Å². The maximum absolute atomic E-state index is 13.0. The topological polar surface area (TPSA) is 66.5 Å². The molecular formula is C19H20F3N5. The van der Waals surface area contributed by atoms with E-state index in [0.29, 0.717) is 17.0 Å². The molecule has 3 heterocycles. The monoisotopic (exact) mass is 375 g/mol. The number of pyridine rings is 2. The number of hydrogen-bond donors (Lipinski definition) is 2. The number of alkyl halides is 3. The first-order valence-corrected chi connectivity index (χ1v) is 8.99. The Morgan fingerprint density at radius 2 is 2.00 bits per heavy atom. The van der Waals surface area contributed by atoms with Crippen molar-refractivity contribution in [3.05, 3.63) is 47.2 Å². The van der Waals surface area contributed by atoms with Gasteiger partial charge < -0.3 is 10.3 Å². The normalized spacial score (nSPS) is 16.3. The highest BCUT2D eigenvalue weighted by molar-refractivity contribution is 5.72. The molecule has 1 aliphatic carbocycles. The SMILES string of the molecule is CCc1nc(C2(c3nc4ncc(C(F)(F)F)cc4[nH]3)CCC2)ccc1NC. The highest BCUT2D eigenvalue weighted by atomic mass is 19.4. The van der Waals surface area contributed by atoms with Crippen molar-refractivity contribution >= 4 is 16.9 Å². The third-order valence-corrected chi connectivity index (χ3v) is 5.39. The lowest BCUT2D eigenvalue weighted by Gasteiger charge is -2.39. The van der Waals surface area contributed by atoms with Gasteiger partial charge in [0.2, 0.25) is 0 Å². The molecule has 0 bridgehead atoms. The van der Waals surface area contributed by atoms with Crippen molar-refractivity contribution in [2.75, 3.05) is 12.4 Å². The van der Waals surface area contributed by atoms with Crippen LogP contribution in [0.5, 0.6) is 0 Å². The van der Waals surface area contributed by atoms with Gasteiger partial charge in [-0.2, -0.15) is 13.2 Å². The summed E-state index contributed by atoms with van der Waals surface area (Å²) >= 11 is 0. The summed E-state index contributed by atoms with van der Waals surface area (Å²) < 4.78 is 38.9. The molecule has 2 N–H and O–H groups in total. The maximum Gasteiger partial charge on any atom is 0.417 e. The minimum atomic E-state index is -4.43. The zero-order valence-corrected chi connectivity index (χ0v) is 15.1. The molecule has 1 saturated carbocycles. The fourth-order valence-corrected chi connectivity index (χ4v) is 3.69. The molecule has 3 aromatic heterocycles. The fraction of sp³-hybridized carbons (Fsp3) is 0.421. The molecular weight excluding hydrogens is 355 g/mol. The third kappa shape index (κ3) is 2.83. The van der Waals surface area contributed by atoms with Crippen molar-refractivity contribution in [3.63, 3.8) is 0 Å². The molecule has 0 unspecified atom stereocenters. The quantitative estimate of drug-likeness (QED) is 0.707. The summed E-state index contributed by atoms with van der Waals surface area (Å²) in [6.45, 7) is 2.05. The molecule has 3 aromatic rings. The first kappa shape index (κ1) is 17.8. The first-order chi connectivity index (χ1) is 12.9. The minimum absolute atomic E-state index is 0.298. The number of aromatic nitrogens is 4. The Bertz CT molecular complexity index is 989. The molecule has 5 nitrogen and oxygen atoms in total. The summed E-state index contributed by atoms with van der Waals surface area (Å²) in [5.74, 6) is 0.641. The van der Waals surface area contributed by atoms with Gasteiger partial charge in [-0.1, -0.05) is 13.3 Å². The zero-order chi connectivity index (χ0) is 19.2. The standard InChI is InChI=1S/C19H20F3N5/c1-3-12-13(23-2)5-6-15(25-12)18(7-4-8-18)17-26-14-9-11(19(20,21)22)10-24-16(14)27-17/h5-6,9-10,23H,3-4,7-8H2,1-2H3,(H,24,26,27). The number of aryl methyl sites for hydroxylation is 1. The van der Waals surface area contributed by atoms with Crippen molar-refractivity contribution in [2.45, 2.75) is 44.2 Å². The molecule has 0 aromatic carbocycles. The number of imidazole rings is 1. The van der Waals surface area contributed by atoms with Crippen molar-refractivity contribution in [3.8, 4) is 0 Å². The summed E-state index contributed by atoms with van der Waals surface area (Å²) in [6, 6.07) is 5.05. The van der Waals surface area contributed by atoms with Crippen molar-refractivity contribution in [1.29, 1.82) is 0 Å². The van der Waals surface area contributed by atoms with E-state index < -0.39 is 17.2 Å². The summed E-state index contributed by atoms with van der Waals surface area (Å²) in [4.78, 5) is 16.3. The second-order valence-corrected chi connectivity index (χ2v) is 6.91. The number of aromatic amines is 1. The third-order valence-electron chi connectivity index (χ3n) is 5.39. The molecule has 1 aliphatic rings. The summed E-state index contributed by atoms with van der Waals surface area (Å²) in [7, 11) is 1.86. The van der Waals surface area contributed by atoms with Gasteiger partial charge in [-0.3, -0.25) is 4.98 Å². The highest BCUT2D eigenvalue weighted by Gasteiger charge is 2.45. The Labute approximate surface area is 154 Å². The number of rotatable bonds is 4. The van der Waals surface area contributed by atoms with Gasteiger partial charge in [0.1, 0.15) is 5.82 Å². The second-order valence-electron chi connectivity index (χ2n) is 6.91. The van der Waals surface area contributed by atoms with E-state index in [9.17, 15) is 13.2 Å². The number of halogens is 3. The first-order valence-electron chi connectivity index (χ1n) is 8.99. The number of H-pyrrole nitrogens is 1. The molecule has 0 saturated heterocycles. The molecule has 1 fully saturated rings. The molecule has 142 valence electrons. The molecule has 27 heavy (non-hydrogen) atoms. The Hall–Kier alpha value is -2.64. The van der Waals surface area contributed by atoms with Gasteiger partial charge in [-0.15, -0.1) is 0 Å². The molecule has 0 aliphatic heterocycles. The smallest absolute Gasteiger partial charge is 0.387 e. The van der Waals surface area contributed by atoms with Crippen LogP contribution < -0.4 is 5.32 Å². The van der Waals surface area contributed by atoms with Crippen LogP contribution in [-0.2, 0) is 18.0 Å². The lowest BCUT2D eigenvalue weighted by molar-refractivity contribution is -0.137. The fourth-order valence-electron chi connectivity index (χ4n) is 3.69. The van der Waals surface area contributed by atoms with Gasteiger partial charge in [0.15, 0.2) is 5.65 Å². The predicted octanol–water partition coefficient (Wildman–Crippen LogP) is 4.45. The summed E-state index contributed by atoms with van der Waals surface area (Å²) in [6.07, 6.45) is -0.0787. The zero-order valence-electron chi connectivity index (χ0n) is 15.1. The van der Waals surface area contributed by atoms with Crippen LogP contribution in [0.2, 0.25) is 0 Å². The van der Waals surface area contributed by atoms with Crippen molar-refractivity contribution < 1.29 is 13.2 Å². The Balaban J connectivity index is 1.80. The average Bonchev–Trinajstić information content (AvgIpc) is 3.03.